The fourth-order valence-corrected chi connectivity index (χ4v) is 0.750. The van der Waals surface area contributed by atoms with E-state index in [0.29, 0.717) is 5.56 Å². The lowest BCUT2D eigenvalue weighted by Gasteiger charge is -1.97. The second-order valence-corrected chi connectivity index (χ2v) is 2.00. The molecule has 3 N–H and O–H groups in total. The van der Waals surface area contributed by atoms with Crippen molar-refractivity contribution in [2.75, 3.05) is 6.73 Å². The maximum Gasteiger partial charge on any atom is 0.342 e. The van der Waals surface area contributed by atoms with E-state index in [1.54, 1.807) is 24.3 Å². The molecule has 3 heteroatoms. The zero-order chi connectivity index (χ0) is 8.10. The highest BCUT2D eigenvalue weighted by molar-refractivity contribution is 5.89. The molecule has 0 heterocycles. The Hall–Kier alpha value is -1.35. The summed E-state index contributed by atoms with van der Waals surface area (Å²) in [6.07, 6.45) is 0. The highest BCUT2D eigenvalue weighted by Gasteiger charge is 2.03. The maximum absolute atomic E-state index is 11.0. The number of esters is 1. The van der Waals surface area contributed by atoms with Gasteiger partial charge in [-0.1, -0.05) is 18.2 Å². The van der Waals surface area contributed by atoms with Crippen LogP contribution in [0.1, 0.15) is 10.4 Å². The minimum atomic E-state index is -0.319. The maximum atomic E-state index is 11.0. The quantitative estimate of drug-likeness (QED) is 0.480. The van der Waals surface area contributed by atoms with Gasteiger partial charge in [-0.15, -0.1) is 0 Å². The number of benzene rings is 1. The van der Waals surface area contributed by atoms with Gasteiger partial charge in [0.05, 0.1) is 5.56 Å². The molecule has 0 aliphatic rings. The molecule has 0 radical (unpaired) electrons. The van der Waals surface area contributed by atoms with Crippen molar-refractivity contribution in [1.82, 2.24) is 0 Å². The van der Waals surface area contributed by atoms with Crippen molar-refractivity contribution in [3.63, 3.8) is 0 Å². The normalized spacial score (nSPS) is 9.18. The van der Waals surface area contributed by atoms with Gasteiger partial charge in [-0.25, -0.2) is 4.79 Å². The van der Waals surface area contributed by atoms with E-state index >= 15 is 0 Å². The molecule has 0 aromatic heterocycles. The van der Waals surface area contributed by atoms with Crippen molar-refractivity contribution >= 4 is 5.97 Å². The summed E-state index contributed by atoms with van der Waals surface area (Å²) in [5, 5.41) is 0. The molecule has 0 atom stereocenters. The molecule has 0 unspecified atom stereocenters. The minimum Gasteiger partial charge on any atom is -0.412 e. The smallest absolute Gasteiger partial charge is 0.342 e. The van der Waals surface area contributed by atoms with E-state index in [2.05, 4.69) is 10.5 Å². The van der Waals surface area contributed by atoms with Gasteiger partial charge in [-0.3, -0.25) is 0 Å². The average Bonchev–Trinajstić information content (AvgIpc) is 2.07. The molecule has 0 bridgehead atoms. The van der Waals surface area contributed by atoms with Crippen LogP contribution >= 0.6 is 0 Å². The Morgan fingerprint density at radius 2 is 2.00 bits per heavy atom. The summed E-state index contributed by atoms with van der Waals surface area (Å²) in [4.78, 5) is 11.0. The summed E-state index contributed by atoms with van der Waals surface area (Å²) in [5.41, 5.74) is 3.97. The van der Waals surface area contributed by atoms with Gasteiger partial charge in [-0.2, -0.15) is 0 Å². The SMILES string of the molecule is [NH3+]COC(=O)c1ccccc1. The molecule has 0 spiro atoms. The number of ether oxygens (including phenoxy) is 1. The van der Waals surface area contributed by atoms with Crippen LogP contribution in [0.3, 0.4) is 0 Å². The van der Waals surface area contributed by atoms with Crippen molar-refractivity contribution < 1.29 is 15.3 Å². The van der Waals surface area contributed by atoms with E-state index in [4.69, 9.17) is 0 Å². The molecule has 11 heavy (non-hydrogen) atoms. The number of carbonyl (C=O) groups excluding carboxylic acids is 1. The Balaban J connectivity index is 2.69. The van der Waals surface area contributed by atoms with Crippen molar-refractivity contribution in [2.45, 2.75) is 0 Å². The second-order valence-electron chi connectivity index (χ2n) is 2.00. The number of hydrogen-bond donors (Lipinski definition) is 1. The van der Waals surface area contributed by atoms with Crippen LogP contribution in [0.15, 0.2) is 30.3 Å². The van der Waals surface area contributed by atoms with E-state index in [0.717, 1.165) is 0 Å². The van der Waals surface area contributed by atoms with Gasteiger partial charge in [-0.05, 0) is 12.1 Å². The molecule has 0 saturated carbocycles. The van der Waals surface area contributed by atoms with E-state index in [1.165, 1.54) is 0 Å². The average molecular weight is 152 g/mol. The monoisotopic (exact) mass is 152 g/mol. The third-order valence-corrected chi connectivity index (χ3v) is 1.24. The fourth-order valence-electron chi connectivity index (χ4n) is 0.750. The lowest BCUT2D eigenvalue weighted by atomic mass is 10.2. The van der Waals surface area contributed by atoms with Gasteiger partial charge in [0.1, 0.15) is 0 Å². The molecule has 1 aromatic rings. The summed E-state index contributed by atoms with van der Waals surface area (Å²) in [6.45, 7) is 0.174. The van der Waals surface area contributed by atoms with Crippen LogP contribution in [0.5, 0.6) is 0 Å². The summed E-state index contributed by atoms with van der Waals surface area (Å²) in [5.74, 6) is -0.319. The molecule has 1 aromatic carbocycles. The standard InChI is InChI=1S/C8H9NO2/c9-6-11-8(10)7-4-2-1-3-5-7/h1-5H,6,9H2/p+1. The van der Waals surface area contributed by atoms with Crippen molar-refractivity contribution in [2.24, 2.45) is 0 Å². The Morgan fingerprint density at radius 3 is 2.55 bits per heavy atom. The highest BCUT2D eigenvalue weighted by Crippen LogP contribution is 1.99. The summed E-state index contributed by atoms with van der Waals surface area (Å²) >= 11 is 0. The van der Waals surface area contributed by atoms with E-state index in [-0.39, 0.29) is 12.7 Å². The van der Waals surface area contributed by atoms with E-state index in [1.807, 2.05) is 6.07 Å². The molecule has 0 amide bonds. The molecule has 0 aliphatic heterocycles. The van der Waals surface area contributed by atoms with Crippen LogP contribution in [-0.4, -0.2) is 12.7 Å². The van der Waals surface area contributed by atoms with Crippen LogP contribution in [0.25, 0.3) is 0 Å². The van der Waals surface area contributed by atoms with Gasteiger partial charge in [0.2, 0.25) is 6.73 Å². The van der Waals surface area contributed by atoms with Crippen LogP contribution < -0.4 is 5.73 Å². The van der Waals surface area contributed by atoms with Crippen LogP contribution in [0, 0.1) is 0 Å². The molecule has 0 fully saturated rings. The van der Waals surface area contributed by atoms with Gasteiger partial charge < -0.3 is 10.5 Å². The molecular formula is C8H10NO2+. The fraction of sp³-hybridized carbons (Fsp3) is 0.125. The Labute approximate surface area is 64.8 Å². The van der Waals surface area contributed by atoms with E-state index in [9.17, 15) is 4.79 Å². The molecule has 3 nitrogen and oxygen atoms in total. The number of rotatable bonds is 2. The molecule has 1 rings (SSSR count). The number of quaternary nitrogens is 1. The number of carbonyl (C=O) groups is 1. The molecule has 0 aliphatic carbocycles. The lowest BCUT2D eigenvalue weighted by molar-refractivity contribution is -0.418. The van der Waals surface area contributed by atoms with E-state index < -0.39 is 0 Å². The first-order valence-electron chi connectivity index (χ1n) is 3.36. The Kier molecular flexibility index (Phi) is 2.63. The summed E-state index contributed by atoms with van der Waals surface area (Å²) in [6, 6.07) is 8.84. The second kappa shape index (κ2) is 3.73. The van der Waals surface area contributed by atoms with Gasteiger partial charge in [0.25, 0.3) is 0 Å². The molecule has 0 saturated heterocycles. The largest absolute Gasteiger partial charge is 0.412 e. The topological polar surface area (TPSA) is 53.9 Å². The van der Waals surface area contributed by atoms with Crippen LogP contribution in [0.2, 0.25) is 0 Å². The predicted octanol–water partition coefficient (Wildman–Crippen LogP) is 0.0428. The zero-order valence-electron chi connectivity index (χ0n) is 6.12. The van der Waals surface area contributed by atoms with Crippen LogP contribution in [-0.2, 0) is 4.74 Å². The van der Waals surface area contributed by atoms with Crippen LogP contribution in [0.4, 0.5) is 0 Å². The van der Waals surface area contributed by atoms with Gasteiger partial charge >= 0.3 is 5.97 Å². The third kappa shape index (κ3) is 2.05. The zero-order valence-corrected chi connectivity index (χ0v) is 6.12. The van der Waals surface area contributed by atoms with Gasteiger partial charge in [0, 0.05) is 0 Å². The Morgan fingerprint density at radius 1 is 1.36 bits per heavy atom. The first-order chi connectivity index (χ1) is 5.34. The van der Waals surface area contributed by atoms with Crippen molar-refractivity contribution in [3.8, 4) is 0 Å². The first-order valence-corrected chi connectivity index (χ1v) is 3.36. The number of hydrogen-bond acceptors (Lipinski definition) is 2. The Bertz CT molecular complexity index is 233. The molecular weight excluding hydrogens is 142 g/mol. The molecule has 58 valence electrons. The first kappa shape index (κ1) is 7.75. The summed E-state index contributed by atoms with van der Waals surface area (Å²) in [7, 11) is 0. The van der Waals surface area contributed by atoms with Crippen molar-refractivity contribution in [1.29, 1.82) is 0 Å². The minimum absolute atomic E-state index is 0.174. The highest BCUT2D eigenvalue weighted by atomic mass is 16.5. The summed E-state index contributed by atoms with van der Waals surface area (Å²) < 4.78 is 4.68. The predicted molar refractivity (Wildman–Crippen MR) is 39.6 cm³/mol. The van der Waals surface area contributed by atoms with Crippen molar-refractivity contribution in [3.05, 3.63) is 35.9 Å². The van der Waals surface area contributed by atoms with Gasteiger partial charge in [0.15, 0.2) is 0 Å². The third-order valence-electron chi connectivity index (χ3n) is 1.24. The lowest BCUT2D eigenvalue weighted by Crippen LogP contribution is -2.52.